The Morgan fingerprint density at radius 1 is 1.62 bits per heavy atom. The van der Waals surface area contributed by atoms with E-state index in [1.807, 2.05) is 26.0 Å². The molecule has 0 bridgehead atoms. The van der Waals surface area contributed by atoms with Crippen molar-refractivity contribution in [3.8, 4) is 0 Å². The number of carboxylic acid groups (broad SMARTS) is 1. The molecule has 0 aromatic rings. The van der Waals surface area contributed by atoms with Crippen LogP contribution in [0.15, 0.2) is 17.6 Å². The van der Waals surface area contributed by atoms with Gasteiger partial charge in [-0.25, -0.2) is 4.79 Å². The van der Waals surface area contributed by atoms with E-state index in [4.69, 9.17) is 5.11 Å². The second-order valence-electron chi connectivity index (χ2n) is 2.23. The Morgan fingerprint density at radius 3 is 2.00 bits per heavy atom. The van der Waals surface area contributed by atoms with Gasteiger partial charge in [0, 0.05) is 34.3 Å². The zero-order valence-electron chi connectivity index (χ0n) is 8.53. The van der Waals surface area contributed by atoms with Gasteiger partial charge < -0.3 is 15.3 Å². The van der Waals surface area contributed by atoms with Crippen LogP contribution in [0.25, 0.3) is 0 Å². The van der Waals surface area contributed by atoms with Gasteiger partial charge in [0.1, 0.15) is 0 Å². The van der Waals surface area contributed by atoms with Gasteiger partial charge in [0.05, 0.1) is 0 Å². The van der Waals surface area contributed by atoms with Crippen LogP contribution in [0.2, 0.25) is 0 Å². The highest BCUT2D eigenvalue weighted by Crippen LogP contribution is 1.73. The first kappa shape index (κ1) is 14.0. The fraction of sp³-hybridized carbons (Fsp3) is 0.500. The van der Waals surface area contributed by atoms with Gasteiger partial charge >= 0.3 is 5.97 Å². The lowest BCUT2D eigenvalue weighted by atomic mass is 10.7. The molecule has 0 aromatic carbocycles. The molecule has 2 N–H and O–H groups in total. The zero-order chi connectivity index (χ0) is 10.9. The number of aliphatic carboxylic acids is 1. The normalized spacial score (nSPS) is 9.38. The number of rotatable bonds is 1. The molecule has 0 saturated heterocycles. The third-order valence-corrected chi connectivity index (χ3v) is 1.03. The summed E-state index contributed by atoms with van der Waals surface area (Å²) in [6.45, 7) is 2.96. The topological polar surface area (TPSA) is 64.9 Å². The van der Waals surface area contributed by atoms with Crippen LogP contribution in [0.1, 0.15) is 0 Å². The first-order valence-corrected chi connectivity index (χ1v) is 3.66. The van der Waals surface area contributed by atoms with Gasteiger partial charge in [0.15, 0.2) is 5.96 Å². The van der Waals surface area contributed by atoms with Crippen LogP contribution in [0.3, 0.4) is 0 Å². The maximum Gasteiger partial charge on any atom is 0.327 e. The van der Waals surface area contributed by atoms with E-state index in [-0.39, 0.29) is 0 Å². The molecule has 76 valence electrons. The second-order valence-corrected chi connectivity index (χ2v) is 2.23. The predicted molar refractivity (Wildman–Crippen MR) is 53.9 cm³/mol. The summed E-state index contributed by atoms with van der Waals surface area (Å²) in [6.07, 6.45) is 0.833. The van der Waals surface area contributed by atoms with Gasteiger partial charge in [-0.15, -0.1) is 0 Å². The molecule has 0 rings (SSSR count). The van der Waals surface area contributed by atoms with Crippen LogP contribution in [-0.4, -0.2) is 50.1 Å². The molecule has 5 heteroatoms. The number of carboxylic acids is 1. The average molecular weight is 187 g/mol. The molecule has 5 nitrogen and oxygen atoms in total. The molecule has 0 saturated carbocycles. The molecular formula is C8H17N3O2. The molecule has 0 aliphatic carbocycles. The highest BCUT2D eigenvalue weighted by Gasteiger charge is 1.91. The quantitative estimate of drug-likeness (QED) is 0.345. The van der Waals surface area contributed by atoms with Crippen LogP contribution in [0.4, 0.5) is 0 Å². The van der Waals surface area contributed by atoms with Crippen LogP contribution >= 0.6 is 0 Å². The van der Waals surface area contributed by atoms with Crippen LogP contribution in [-0.2, 0) is 4.79 Å². The summed E-state index contributed by atoms with van der Waals surface area (Å²) < 4.78 is 0. The van der Waals surface area contributed by atoms with Crippen LogP contribution in [0, 0.1) is 0 Å². The van der Waals surface area contributed by atoms with Crippen molar-refractivity contribution in [2.24, 2.45) is 4.99 Å². The average Bonchev–Trinajstić information content (AvgIpc) is 2.07. The fourth-order valence-corrected chi connectivity index (χ4v) is 0.535. The lowest BCUT2D eigenvalue weighted by Crippen LogP contribution is -2.33. The Labute approximate surface area is 78.8 Å². The number of hydrogen-bond acceptors (Lipinski definition) is 2. The number of carbonyl (C=O) groups is 1. The number of nitrogens with zero attached hydrogens (tertiary/aromatic N) is 2. The monoisotopic (exact) mass is 187 g/mol. The van der Waals surface area contributed by atoms with E-state index < -0.39 is 5.97 Å². The van der Waals surface area contributed by atoms with E-state index in [1.54, 1.807) is 7.05 Å². The zero-order valence-corrected chi connectivity index (χ0v) is 8.53. The van der Waals surface area contributed by atoms with Crippen LogP contribution < -0.4 is 5.32 Å². The van der Waals surface area contributed by atoms with Crippen molar-refractivity contribution in [2.75, 3.05) is 28.2 Å². The number of hydrogen-bond donors (Lipinski definition) is 2. The maximum absolute atomic E-state index is 9.25. The molecule has 0 unspecified atom stereocenters. The van der Waals surface area contributed by atoms with E-state index in [0.717, 1.165) is 12.0 Å². The van der Waals surface area contributed by atoms with Crippen molar-refractivity contribution in [1.82, 2.24) is 10.2 Å². The molecule has 0 amide bonds. The van der Waals surface area contributed by atoms with Gasteiger partial charge in [-0.1, -0.05) is 6.58 Å². The Bertz CT molecular complexity index is 188. The third kappa shape index (κ3) is 10.5. The van der Waals surface area contributed by atoms with Crippen molar-refractivity contribution in [3.63, 3.8) is 0 Å². The summed E-state index contributed by atoms with van der Waals surface area (Å²) in [5.74, 6) is -0.0880. The van der Waals surface area contributed by atoms with Gasteiger partial charge in [-0.3, -0.25) is 4.99 Å². The Hall–Kier alpha value is -1.52. The highest BCUT2D eigenvalue weighted by molar-refractivity contribution is 5.79. The first-order valence-electron chi connectivity index (χ1n) is 3.66. The lowest BCUT2D eigenvalue weighted by Gasteiger charge is -2.12. The van der Waals surface area contributed by atoms with Crippen molar-refractivity contribution < 1.29 is 9.90 Å². The first-order chi connectivity index (χ1) is 5.99. The Balaban J connectivity index is 0. The van der Waals surface area contributed by atoms with Gasteiger partial charge in [0.25, 0.3) is 0 Å². The fourth-order valence-electron chi connectivity index (χ4n) is 0.535. The SMILES string of the molecule is C=CC(=O)O.CN=C(NC)N(C)C. The van der Waals surface area contributed by atoms with E-state index in [1.165, 1.54) is 0 Å². The summed E-state index contributed by atoms with van der Waals surface area (Å²) in [5.41, 5.74) is 0. The molecule has 0 fully saturated rings. The van der Waals surface area contributed by atoms with Crippen molar-refractivity contribution >= 4 is 11.9 Å². The largest absolute Gasteiger partial charge is 0.478 e. The molecule has 0 heterocycles. The Kier molecular flexibility index (Phi) is 9.25. The summed E-state index contributed by atoms with van der Waals surface area (Å²) in [7, 11) is 7.49. The molecule has 0 aliphatic rings. The van der Waals surface area contributed by atoms with Gasteiger partial charge in [-0.05, 0) is 0 Å². The summed E-state index contributed by atoms with van der Waals surface area (Å²) in [5, 5.41) is 10.5. The van der Waals surface area contributed by atoms with E-state index in [9.17, 15) is 4.79 Å². The maximum atomic E-state index is 9.25. The number of aliphatic imine (C=N–C) groups is 1. The molecule has 13 heavy (non-hydrogen) atoms. The number of nitrogens with one attached hydrogen (secondary N) is 1. The van der Waals surface area contributed by atoms with Gasteiger partial charge in [-0.2, -0.15) is 0 Å². The van der Waals surface area contributed by atoms with Crippen molar-refractivity contribution in [1.29, 1.82) is 0 Å². The van der Waals surface area contributed by atoms with Crippen molar-refractivity contribution in [2.45, 2.75) is 0 Å². The minimum atomic E-state index is -0.981. The van der Waals surface area contributed by atoms with E-state index in [2.05, 4.69) is 16.9 Å². The van der Waals surface area contributed by atoms with Crippen molar-refractivity contribution in [3.05, 3.63) is 12.7 Å². The molecule has 0 radical (unpaired) electrons. The minimum absolute atomic E-state index is 0.833. The molecule has 0 aliphatic heterocycles. The Morgan fingerprint density at radius 2 is 2.00 bits per heavy atom. The number of guanidine groups is 1. The smallest absolute Gasteiger partial charge is 0.327 e. The standard InChI is InChI=1S/C5H13N3.C3H4O2/c1-6-5(7-2)8(3)4;1-2-3(4)5/h1-4H3,(H,6,7);2H,1H2,(H,4,5). The highest BCUT2D eigenvalue weighted by atomic mass is 16.4. The summed E-state index contributed by atoms with van der Waals surface area (Å²) >= 11 is 0. The van der Waals surface area contributed by atoms with Gasteiger partial charge in [0.2, 0.25) is 0 Å². The molecule has 0 atom stereocenters. The molecule has 0 spiro atoms. The summed E-state index contributed by atoms with van der Waals surface area (Å²) in [4.78, 5) is 15.1. The minimum Gasteiger partial charge on any atom is -0.478 e. The summed E-state index contributed by atoms with van der Waals surface area (Å²) in [6, 6.07) is 0. The second kappa shape index (κ2) is 8.58. The molecular weight excluding hydrogens is 170 g/mol. The lowest BCUT2D eigenvalue weighted by molar-refractivity contribution is -0.131. The predicted octanol–water partition coefficient (Wildman–Crippen LogP) is 0.0102. The third-order valence-electron chi connectivity index (χ3n) is 1.03. The van der Waals surface area contributed by atoms with Crippen LogP contribution in [0.5, 0.6) is 0 Å². The molecule has 0 aromatic heterocycles. The van der Waals surface area contributed by atoms with E-state index >= 15 is 0 Å². The van der Waals surface area contributed by atoms with E-state index in [0.29, 0.717) is 0 Å².